The molecule has 0 N–H and O–H groups in total. The first-order valence-corrected chi connectivity index (χ1v) is 26.3. The number of hydrogen-bond donors (Lipinski definition) is 0. The number of hydrogen-bond acceptors (Lipinski definition) is 7. The lowest BCUT2D eigenvalue weighted by Crippen LogP contribution is -2.42. The van der Waals surface area contributed by atoms with Crippen LogP contribution in [0.4, 0.5) is 8.78 Å². The molecule has 4 aromatic heterocycles. The molecule has 360 valence electrons. The maximum Gasteiger partial charge on any atom is 0.194 e. The fraction of sp³-hybridized carbons (Fsp3) is 0.213. The fourth-order valence-electron chi connectivity index (χ4n) is 11.2. The second-order valence-corrected chi connectivity index (χ2v) is 20.9. The molecule has 0 spiro atoms. The van der Waals surface area contributed by atoms with Gasteiger partial charge >= 0.3 is 0 Å². The van der Waals surface area contributed by atoms with Gasteiger partial charge in [0.25, 0.3) is 0 Å². The molecule has 0 bridgehead atoms. The summed E-state index contributed by atoms with van der Waals surface area (Å²) in [6.45, 7) is 5.20. The number of carbonyl (C=O) groups excluding carboxylic acids is 1. The predicted octanol–water partition coefficient (Wildman–Crippen LogP) is 15.3. The Morgan fingerprint density at radius 2 is 1.17 bits per heavy atom. The summed E-state index contributed by atoms with van der Waals surface area (Å²) in [5, 5.41) is 3.87. The van der Waals surface area contributed by atoms with Crippen molar-refractivity contribution in [2.75, 3.05) is 5.33 Å². The van der Waals surface area contributed by atoms with Gasteiger partial charge in [0, 0.05) is 50.5 Å². The number of Topliss-reactive ketones (excluding diaryl/α,β-unsaturated/α-hetero) is 1. The number of imidazole rings is 1. The van der Waals surface area contributed by atoms with Crippen molar-refractivity contribution in [1.82, 2.24) is 19.4 Å². The van der Waals surface area contributed by atoms with Crippen molar-refractivity contribution in [2.45, 2.75) is 63.6 Å². The monoisotopic (exact) mass is 1040 g/mol. The zero-order valence-electron chi connectivity index (χ0n) is 39.9. The smallest absolute Gasteiger partial charge is 0.194 e. The minimum atomic E-state index is -0.276. The van der Waals surface area contributed by atoms with Gasteiger partial charge in [-0.15, -0.1) is 11.3 Å². The third kappa shape index (κ3) is 9.32. The van der Waals surface area contributed by atoms with E-state index in [4.69, 9.17) is 14.5 Å². The largest absolute Gasteiger partial charge is 0.487 e. The van der Waals surface area contributed by atoms with Crippen LogP contribution in [0.3, 0.4) is 0 Å². The number of nitrogens with zero attached hydrogens (tertiary/aromatic N) is 4. The molecular weight excluding hydrogens is 987 g/mol. The molecule has 72 heavy (non-hydrogen) atoms. The number of ether oxygens (including phenoxy) is 2. The van der Waals surface area contributed by atoms with Crippen molar-refractivity contribution in [3.63, 3.8) is 0 Å². The zero-order chi connectivity index (χ0) is 49.4. The summed E-state index contributed by atoms with van der Waals surface area (Å²) in [7, 11) is 0. The van der Waals surface area contributed by atoms with E-state index >= 15 is 0 Å². The molecule has 4 heterocycles. The Morgan fingerprint density at radius 3 is 1.69 bits per heavy atom. The highest BCUT2D eigenvalue weighted by atomic mass is 79.9. The topological polar surface area (TPSA) is 78.6 Å². The number of benzene rings is 6. The van der Waals surface area contributed by atoms with Gasteiger partial charge in [-0.1, -0.05) is 103 Å². The highest BCUT2D eigenvalue weighted by Crippen LogP contribution is 2.56. The molecule has 2 saturated carbocycles. The van der Waals surface area contributed by atoms with Crippen LogP contribution in [0.5, 0.6) is 11.5 Å². The molecule has 0 atom stereocenters. The van der Waals surface area contributed by atoms with E-state index in [0.717, 1.165) is 92.0 Å². The Hall–Kier alpha value is -7.08. The van der Waals surface area contributed by atoms with Gasteiger partial charge in [-0.3, -0.25) is 9.20 Å². The van der Waals surface area contributed by atoms with Crippen LogP contribution in [0, 0.1) is 23.5 Å². The van der Waals surface area contributed by atoms with E-state index in [2.05, 4.69) is 129 Å². The van der Waals surface area contributed by atoms with Gasteiger partial charge in [0.15, 0.2) is 10.7 Å². The predicted molar refractivity (Wildman–Crippen MR) is 286 cm³/mol. The van der Waals surface area contributed by atoms with Gasteiger partial charge in [-0.25, -0.2) is 23.7 Å². The van der Waals surface area contributed by atoms with Crippen LogP contribution in [0.25, 0.3) is 38.0 Å². The number of carbonyl (C=O) groups is 1. The average Bonchev–Trinajstić information content (AvgIpc) is 4.02. The number of pyridine rings is 2. The van der Waals surface area contributed by atoms with Crippen molar-refractivity contribution in [2.24, 2.45) is 11.8 Å². The highest BCUT2D eigenvalue weighted by molar-refractivity contribution is 9.09. The number of thiazole rings is 1. The number of aromatic nitrogens is 4. The summed E-state index contributed by atoms with van der Waals surface area (Å²) in [6.07, 6.45) is 8.32. The second-order valence-electron chi connectivity index (χ2n) is 19.5. The number of halogens is 3. The molecule has 0 radical (unpaired) electrons. The second kappa shape index (κ2) is 19.8. The quantitative estimate of drug-likeness (QED) is 0.0846. The maximum absolute atomic E-state index is 13.6. The molecule has 0 amide bonds. The lowest BCUT2D eigenvalue weighted by Gasteiger charge is -2.48. The number of ketones is 1. The standard InChI is InChI=1S/C32H26FN3OS.C29H25BrFNO2/c1-21-17-32(18-21,23-5-3-2-4-6-23)28-16-26(10-11-27(28)30-19-36-13-14-38-31(36)35-30)37-20-25-9-7-22-15-24(33)8-12-29(22)34-25;1-19-15-29(16-19,21-5-3-2-4-6-21)26-14-24(10-11-25(26)28(33)17-30)34-18-23-9-7-20-13-22(31)8-12-27(20)32-23/h2-16,19,21H,17-18,20H2,1H3;2-14,19H,15-18H2,1H3. The number of rotatable bonds is 13. The molecule has 11 heteroatoms. The SMILES string of the molecule is CC1CC(c2ccccc2)(c2cc(OCc3ccc4cc(F)ccc4n3)ccc2-c2cn3ccsc3n2)C1.CC1CC(c2ccccc2)(c2cc(OCc3ccc4cc(F)ccc4n3)ccc2C(=O)CBr)C1. The molecule has 0 saturated heterocycles. The summed E-state index contributed by atoms with van der Waals surface area (Å²) >= 11 is 4.99. The molecule has 2 aliphatic carbocycles. The molecule has 2 aliphatic rings. The van der Waals surface area contributed by atoms with Crippen molar-refractivity contribution < 1.29 is 23.0 Å². The Morgan fingerprint density at radius 1 is 0.639 bits per heavy atom. The fourth-order valence-corrected chi connectivity index (χ4v) is 12.2. The molecule has 2 fully saturated rings. The summed E-state index contributed by atoms with van der Waals surface area (Å²) in [4.78, 5) is 28.1. The summed E-state index contributed by atoms with van der Waals surface area (Å²) < 4.78 is 41.6. The number of fused-ring (bicyclic) bond motifs is 3. The van der Waals surface area contributed by atoms with Gasteiger partial charge in [-0.05, 0) is 145 Å². The van der Waals surface area contributed by atoms with Crippen LogP contribution in [0.2, 0.25) is 0 Å². The van der Waals surface area contributed by atoms with E-state index in [1.165, 1.54) is 41.0 Å². The van der Waals surface area contributed by atoms with E-state index in [-0.39, 0.29) is 40.2 Å². The van der Waals surface area contributed by atoms with Crippen LogP contribution in [0.15, 0.2) is 175 Å². The highest BCUT2D eigenvalue weighted by Gasteiger charge is 2.47. The molecule has 7 nitrogen and oxygen atoms in total. The molecule has 12 rings (SSSR count). The van der Waals surface area contributed by atoms with Crippen molar-refractivity contribution >= 4 is 59.8 Å². The summed E-state index contributed by atoms with van der Waals surface area (Å²) in [5.41, 5.74) is 10.5. The third-order valence-electron chi connectivity index (χ3n) is 14.4. The van der Waals surface area contributed by atoms with Crippen molar-refractivity contribution in [3.05, 3.63) is 226 Å². The van der Waals surface area contributed by atoms with E-state index in [0.29, 0.717) is 24.2 Å². The van der Waals surface area contributed by atoms with Gasteiger partial charge < -0.3 is 9.47 Å². The van der Waals surface area contributed by atoms with Gasteiger partial charge in [0.1, 0.15) is 36.3 Å². The first-order chi connectivity index (χ1) is 35.1. The summed E-state index contributed by atoms with van der Waals surface area (Å²) in [6, 6.07) is 50.2. The maximum atomic E-state index is 13.6. The van der Waals surface area contributed by atoms with E-state index < -0.39 is 0 Å². The van der Waals surface area contributed by atoms with E-state index in [1.54, 1.807) is 23.5 Å². The Labute approximate surface area is 429 Å². The van der Waals surface area contributed by atoms with Gasteiger partial charge in [-0.2, -0.15) is 0 Å². The molecular formula is C61H51BrF2N4O3S. The molecule has 6 aromatic carbocycles. The molecule has 10 aromatic rings. The Balaban J connectivity index is 0.000000157. The first kappa shape index (κ1) is 47.3. The zero-order valence-corrected chi connectivity index (χ0v) is 42.3. The normalized spacial score (nSPS) is 19.3. The third-order valence-corrected chi connectivity index (χ3v) is 15.7. The van der Waals surface area contributed by atoms with Crippen LogP contribution in [-0.2, 0) is 24.0 Å². The Bertz CT molecular complexity index is 3560. The minimum absolute atomic E-state index is 0.0693. The van der Waals surface area contributed by atoms with Gasteiger partial charge in [0.2, 0.25) is 0 Å². The lowest BCUT2D eigenvalue weighted by atomic mass is 9.55. The van der Waals surface area contributed by atoms with Crippen LogP contribution in [0.1, 0.15) is 83.5 Å². The number of alkyl halides is 1. The van der Waals surface area contributed by atoms with Crippen LogP contribution >= 0.6 is 27.3 Å². The average molecular weight is 1040 g/mol. The van der Waals surface area contributed by atoms with Crippen molar-refractivity contribution in [3.8, 4) is 22.8 Å². The van der Waals surface area contributed by atoms with E-state index in [9.17, 15) is 13.6 Å². The molecule has 0 aliphatic heterocycles. The Kier molecular flexibility index (Phi) is 13.0. The van der Waals surface area contributed by atoms with Gasteiger partial charge in [0.05, 0.1) is 33.4 Å². The van der Waals surface area contributed by atoms with Crippen molar-refractivity contribution in [1.29, 1.82) is 0 Å². The van der Waals surface area contributed by atoms with Crippen LogP contribution in [-0.4, -0.2) is 30.5 Å². The van der Waals surface area contributed by atoms with Crippen LogP contribution < -0.4 is 9.47 Å². The van der Waals surface area contributed by atoms with E-state index in [1.807, 2.05) is 54.6 Å². The molecule has 0 unspecified atom stereocenters. The lowest BCUT2D eigenvalue weighted by molar-refractivity contribution is 0.101. The minimum Gasteiger partial charge on any atom is -0.487 e. The summed E-state index contributed by atoms with van der Waals surface area (Å²) in [5.74, 6) is 2.28. The first-order valence-electron chi connectivity index (χ1n) is 24.3.